The number of rotatable bonds is 5. The molecule has 0 amide bonds. The molecule has 0 radical (unpaired) electrons. The summed E-state index contributed by atoms with van der Waals surface area (Å²) in [5, 5.41) is 2.77. The Hall–Kier alpha value is -1.24. The molecule has 0 aliphatic heterocycles. The fourth-order valence-electron chi connectivity index (χ4n) is 1.61. The second-order valence-corrected chi connectivity index (χ2v) is 6.72. The standard InChI is InChI=1S/C12H16F3NO2S/c1-3-19(17,18)8-9(2)16-11-6-4-5-10(7-11)12(13,14)15/h4-7,9,16H,3,8H2,1-2H3. The molecule has 1 atom stereocenters. The fraction of sp³-hybridized carbons (Fsp3) is 0.500. The number of halogens is 3. The highest BCUT2D eigenvalue weighted by molar-refractivity contribution is 7.91. The average Bonchev–Trinajstić information content (AvgIpc) is 2.27. The van der Waals surface area contributed by atoms with Gasteiger partial charge in [0.15, 0.2) is 9.84 Å². The summed E-state index contributed by atoms with van der Waals surface area (Å²) in [5.74, 6) is -0.0959. The van der Waals surface area contributed by atoms with Crippen LogP contribution in [0.2, 0.25) is 0 Å². The summed E-state index contributed by atoms with van der Waals surface area (Å²) in [6.07, 6.45) is -4.41. The molecule has 0 heterocycles. The van der Waals surface area contributed by atoms with Crippen molar-refractivity contribution in [1.29, 1.82) is 0 Å². The third-order valence-corrected chi connectivity index (χ3v) is 4.43. The zero-order valence-electron chi connectivity index (χ0n) is 10.7. The first kappa shape index (κ1) is 15.8. The molecule has 0 saturated carbocycles. The van der Waals surface area contributed by atoms with Crippen LogP contribution < -0.4 is 5.32 Å². The van der Waals surface area contributed by atoms with E-state index in [4.69, 9.17) is 0 Å². The lowest BCUT2D eigenvalue weighted by Gasteiger charge is -2.16. The highest BCUT2D eigenvalue weighted by Crippen LogP contribution is 2.30. The van der Waals surface area contributed by atoms with Crippen LogP contribution in [-0.4, -0.2) is 26.0 Å². The number of sulfone groups is 1. The van der Waals surface area contributed by atoms with Gasteiger partial charge in [-0.2, -0.15) is 13.2 Å². The number of hydrogen-bond acceptors (Lipinski definition) is 3. The minimum atomic E-state index is -4.41. The lowest BCUT2D eigenvalue weighted by Crippen LogP contribution is -2.26. The van der Waals surface area contributed by atoms with Gasteiger partial charge in [-0.25, -0.2) is 8.42 Å². The van der Waals surface area contributed by atoms with Crippen LogP contribution in [-0.2, 0) is 16.0 Å². The van der Waals surface area contributed by atoms with Gasteiger partial charge in [-0.05, 0) is 25.1 Å². The van der Waals surface area contributed by atoms with E-state index in [2.05, 4.69) is 5.32 Å². The first-order valence-electron chi connectivity index (χ1n) is 5.78. The quantitative estimate of drug-likeness (QED) is 0.908. The van der Waals surface area contributed by atoms with Gasteiger partial charge in [0.1, 0.15) is 0 Å². The summed E-state index contributed by atoms with van der Waals surface area (Å²) >= 11 is 0. The SMILES string of the molecule is CCS(=O)(=O)CC(C)Nc1cccc(C(F)(F)F)c1. The molecule has 108 valence electrons. The van der Waals surface area contributed by atoms with Crippen molar-refractivity contribution < 1.29 is 21.6 Å². The van der Waals surface area contributed by atoms with Crippen molar-refractivity contribution in [3.05, 3.63) is 29.8 Å². The van der Waals surface area contributed by atoms with Crippen molar-refractivity contribution in [2.45, 2.75) is 26.1 Å². The Morgan fingerprint density at radius 3 is 2.47 bits per heavy atom. The maximum atomic E-state index is 12.5. The Bertz CT molecular complexity index is 526. The topological polar surface area (TPSA) is 46.2 Å². The summed E-state index contributed by atoms with van der Waals surface area (Å²) in [6, 6.07) is 4.25. The predicted octanol–water partition coefficient (Wildman–Crippen LogP) is 2.94. The Morgan fingerprint density at radius 1 is 1.32 bits per heavy atom. The van der Waals surface area contributed by atoms with Gasteiger partial charge in [-0.3, -0.25) is 0 Å². The van der Waals surface area contributed by atoms with Gasteiger partial charge in [-0.15, -0.1) is 0 Å². The number of nitrogens with one attached hydrogen (secondary N) is 1. The molecule has 7 heteroatoms. The zero-order valence-corrected chi connectivity index (χ0v) is 11.5. The monoisotopic (exact) mass is 295 g/mol. The Balaban J connectivity index is 2.78. The van der Waals surface area contributed by atoms with Gasteiger partial charge in [0, 0.05) is 17.5 Å². The van der Waals surface area contributed by atoms with Crippen molar-refractivity contribution in [3.8, 4) is 0 Å². The molecule has 1 rings (SSSR count). The van der Waals surface area contributed by atoms with Crippen LogP contribution in [0.5, 0.6) is 0 Å². The number of alkyl halides is 3. The van der Waals surface area contributed by atoms with Crippen molar-refractivity contribution in [1.82, 2.24) is 0 Å². The summed E-state index contributed by atoms with van der Waals surface area (Å²) in [4.78, 5) is 0. The molecule has 0 fully saturated rings. The van der Waals surface area contributed by atoms with E-state index in [1.807, 2.05) is 0 Å². The first-order chi connectivity index (χ1) is 8.64. The molecule has 0 bridgehead atoms. The van der Waals surface area contributed by atoms with Crippen LogP contribution in [0.4, 0.5) is 18.9 Å². The van der Waals surface area contributed by atoms with E-state index in [9.17, 15) is 21.6 Å². The zero-order chi connectivity index (χ0) is 14.7. The number of anilines is 1. The second kappa shape index (κ2) is 5.81. The van der Waals surface area contributed by atoms with E-state index in [1.54, 1.807) is 6.92 Å². The van der Waals surface area contributed by atoms with E-state index in [0.717, 1.165) is 12.1 Å². The Labute approximate surface area is 110 Å². The molecule has 0 aromatic heterocycles. The van der Waals surface area contributed by atoms with Gasteiger partial charge in [0.05, 0.1) is 11.3 Å². The van der Waals surface area contributed by atoms with Gasteiger partial charge < -0.3 is 5.32 Å². The first-order valence-corrected chi connectivity index (χ1v) is 7.60. The molecule has 1 N–H and O–H groups in total. The molecular weight excluding hydrogens is 279 g/mol. The number of benzene rings is 1. The molecule has 1 aromatic carbocycles. The van der Waals surface area contributed by atoms with E-state index in [0.29, 0.717) is 0 Å². The smallest absolute Gasteiger partial charge is 0.382 e. The molecule has 0 saturated heterocycles. The molecule has 1 unspecified atom stereocenters. The van der Waals surface area contributed by atoms with Crippen molar-refractivity contribution in [2.24, 2.45) is 0 Å². The van der Waals surface area contributed by atoms with Crippen molar-refractivity contribution in [3.63, 3.8) is 0 Å². The van der Waals surface area contributed by atoms with Crippen LogP contribution in [0, 0.1) is 0 Å². The molecule has 19 heavy (non-hydrogen) atoms. The molecule has 0 aliphatic carbocycles. The van der Waals surface area contributed by atoms with Gasteiger partial charge in [0.2, 0.25) is 0 Å². The largest absolute Gasteiger partial charge is 0.416 e. The van der Waals surface area contributed by atoms with Gasteiger partial charge >= 0.3 is 6.18 Å². The van der Waals surface area contributed by atoms with E-state index in [-0.39, 0.29) is 17.2 Å². The fourth-order valence-corrected chi connectivity index (χ4v) is 2.69. The maximum absolute atomic E-state index is 12.5. The molecular formula is C12H16F3NO2S. The Kier molecular flexibility index (Phi) is 4.84. The normalized spacial score (nSPS) is 14.2. The highest BCUT2D eigenvalue weighted by Gasteiger charge is 2.30. The van der Waals surface area contributed by atoms with Gasteiger partial charge in [0.25, 0.3) is 0 Å². The third kappa shape index (κ3) is 5.10. The third-order valence-electron chi connectivity index (χ3n) is 2.55. The molecule has 0 aliphatic rings. The molecule has 1 aromatic rings. The minimum Gasteiger partial charge on any atom is -0.382 e. The van der Waals surface area contributed by atoms with E-state index in [1.165, 1.54) is 19.1 Å². The van der Waals surface area contributed by atoms with Crippen molar-refractivity contribution in [2.75, 3.05) is 16.8 Å². The number of hydrogen-bond donors (Lipinski definition) is 1. The van der Waals surface area contributed by atoms with E-state index < -0.39 is 27.6 Å². The van der Waals surface area contributed by atoms with Crippen LogP contribution in [0.15, 0.2) is 24.3 Å². The van der Waals surface area contributed by atoms with E-state index >= 15 is 0 Å². The lowest BCUT2D eigenvalue weighted by atomic mass is 10.2. The summed E-state index contributed by atoms with van der Waals surface area (Å²) in [5.41, 5.74) is -0.503. The summed E-state index contributed by atoms with van der Waals surface area (Å²) in [7, 11) is -3.16. The molecule has 3 nitrogen and oxygen atoms in total. The van der Waals surface area contributed by atoms with Crippen molar-refractivity contribution >= 4 is 15.5 Å². The predicted molar refractivity (Wildman–Crippen MR) is 68.9 cm³/mol. The minimum absolute atomic E-state index is 0.0155. The van der Waals surface area contributed by atoms with Crippen LogP contribution in [0.1, 0.15) is 19.4 Å². The second-order valence-electron chi connectivity index (χ2n) is 4.32. The maximum Gasteiger partial charge on any atom is 0.416 e. The Morgan fingerprint density at radius 2 is 1.95 bits per heavy atom. The summed E-state index contributed by atoms with van der Waals surface area (Å²) in [6.45, 7) is 3.15. The van der Waals surface area contributed by atoms with Crippen LogP contribution in [0.3, 0.4) is 0 Å². The van der Waals surface area contributed by atoms with Crippen LogP contribution in [0.25, 0.3) is 0 Å². The van der Waals surface area contributed by atoms with Gasteiger partial charge in [-0.1, -0.05) is 13.0 Å². The van der Waals surface area contributed by atoms with Crippen LogP contribution >= 0.6 is 0 Å². The lowest BCUT2D eigenvalue weighted by molar-refractivity contribution is -0.137. The average molecular weight is 295 g/mol. The highest BCUT2D eigenvalue weighted by atomic mass is 32.2. The summed E-state index contributed by atoms with van der Waals surface area (Å²) < 4.78 is 60.3. The molecule has 0 spiro atoms.